The van der Waals surface area contributed by atoms with Crippen molar-refractivity contribution in [1.82, 2.24) is 9.88 Å². The van der Waals surface area contributed by atoms with Crippen LogP contribution in [0.2, 0.25) is 0 Å². The number of aromatic nitrogens is 1. The van der Waals surface area contributed by atoms with Gasteiger partial charge < -0.3 is 4.74 Å². The first kappa shape index (κ1) is 15.7. The molecule has 3 rings (SSSR count). The number of hydrogen-bond donors (Lipinski definition) is 0. The second-order valence-electron chi connectivity index (χ2n) is 6.88. The number of hydrogen-bond acceptors (Lipinski definition) is 5. The van der Waals surface area contributed by atoms with Crippen LogP contribution in [0.1, 0.15) is 25.7 Å². The third kappa shape index (κ3) is 3.98. The van der Waals surface area contributed by atoms with Crippen molar-refractivity contribution in [2.45, 2.75) is 31.8 Å². The number of sulfone groups is 1. The summed E-state index contributed by atoms with van der Waals surface area (Å²) in [6.07, 6.45) is 9.21. The highest BCUT2D eigenvalue weighted by molar-refractivity contribution is 7.90. The molecule has 2 heterocycles. The average molecular weight is 324 g/mol. The maximum Gasteiger partial charge on any atom is 0.148 e. The van der Waals surface area contributed by atoms with E-state index in [1.807, 2.05) is 12.1 Å². The normalized spacial score (nSPS) is 24.9. The molecule has 1 saturated carbocycles. The Hall–Kier alpha value is -1.14. The lowest BCUT2D eigenvalue weighted by atomic mass is 9.70. The van der Waals surface area contributed by atoms with Gasteiger partial charge in [-0.25, -0.2) is 8.42 Å². The Morgan fingerprint density at radius 2 is 2.27 bits per heavy atom. The number of nitrogens with zero attached hydrogens (tertiary/aromatic N) is 2. The van der Waals surface area contributed by atoms with Crippen LogP contribution in [0.25, 0.3) is 0 Å². The zero-order chi connectivity index (χ0) is 15.6. The van der Waals surface area contributed by atoms with Gasteiger partial charge in [-0.3, -0.25) is 9.88 Å². The third-order valence-electron chi connectivity index (χ3n) is 4.71. The molecule has 0 aromatic carbocycles. The molecule has 0 N–H and O–H groups in total. The van der Waals surface area contributed by atoms with E-state index in [2.05, 4.69) is 9.88 Å². The first-order valence-corrected chi connectivity index (χ1v) is 9.97. The number of likely N-dealkylation sites (tertiary alicyclic amines) is 1. The van der Waals surface area contributed by atoms with Crippen LogP contribution in [0, 0.1) is 5.41 Å². The number of ether oxygens (including phenoxy) is 1. The Labute approximate surface area is 132 Å². The second kappa shape index (κ2) is 6.16. The van der Waals surface area contributed by atoms with E-state index in [0.717, 1.165) is 51.1 Å². The predicted octanol–water partition coefficient (Wildman–Crippen LogP) is 1.75. The van der Waals surface area contributed by atoms with Gasteiger partial charge in [-0.1, -0.05) is 6.42 Å². The van der Waals surface area contributed by atoms with Gasteiger partial charge in [0.15, 0.2) is 0 Å². The molecule has 0 radical (unpaired) electrons. The van der Waals surface area contributed by atoms with Gasteiger partial charge in [0.05, 0.1) is 11.9 Å². The molecule has 0 amide bonds. The van der Waals surface area contributed by atoms with Crippen molar-refractivity contribution in [3.05, 3.63) is 24.5 Å². The Bertz CT molecular complexity index is 599. The zero-order valence-corrected chi connectivity index (χ0v) is 13.9. The lowest BCUT2D eigenvalue weighted by Crippen LogP contribution is -2.46. The van der Waals surface area contributed by atoms with Gasteiger partial charge in [-0.05, 0) is 36.8 Å². The molecular formula is C16H24N2O3S. The largest absolute Gasteiger partial charge is 0.487 e. The van der Waals surface area contributed by atoms with E-state index in [1.54, 1.807) is 12.4 Å². The predicted molar refractivity (Wildman–Crippen MR) is 85.7 cm³/mol. The lowest BCUT2D eigenvalue weighted by molar-refractivity contribution is 0.0938. The highest BCUT2D eigenvalue weighted by atomic mass is 32.2. The van der Waals surface area contributed by atoms with Crippen LogP contribution in [-0.4, -0.2) is 56.0 Å². The third-order valence-corrected chi connectivity index (χ3v) is 5.84. The van der Waals surface area contributed by atoms with Gasteiger partial charge >= 0.3 is 0 Å². The van der Waals surface area contributed by atoms with Crippen LogP contribution in [0.15, 0.2) is 24.5 Å². The van der Waals surface area contributed by atoms with Gasteiger partial charge in [-0.15, -0.1) is 0 Å². The molecule has 1 aromatic heterocycles. The standard InChI is InChI=1S/C16H24N2O3S/c1-22(19,20)13-16(6-3-7-16)12-18-9-5-15(11-18)21-14-4-2-8-17-10-14/h2,4,8,10,15H,3,5-7,9,11-13H2,1H3. The summed E-state index contributed by atoms with van der Waals surface area (Å²) < 4.78 is 29.3. The highest BCUT2D eigenvalue weighted by Crippen LogP contribution is 2.43. The summed E-state index contributed by atoms with van der Waals surface area (Å²) in [5.41, 5.74) is -0.0171. The molecule has 22 heavy (non-hydrogen) atoms. The van der Waals surface area contributed by atoms with Crippen molar-refractivity contribution in [2.75, 3.05) is 31.6 Å². The molecule has 1 saturated heterocycles. The van der Waals surface area contributed by atoms with Gasteiger partial charge in [0.25, 0.3) is 0 Å². The van der Waals surface area contributed by atoms with E-state index in [-0.39, 0.29) is 11.5 Å². The molecule has 2 fully saturated rings. The summed E-state index contributed by atoms with van der Waals surface area (Å²) in [4.78, 5) is 6.43. The molecule has 6 heteroatoms. The Morgan fingerprint density at radius 1 is 1.45 bits per heavy atom. The van der Waals surface area contributed by atoms with Crippen molar-refractivity contribution < 1.29 is 13.2 Å². The van der Waals surface area contributed by atoms with Crippen LogP contribution < -0.4 is 4.74 Å². The minimum Gasteiger partial charge on any atom is -0.487 e. The molecule has 1 atom stereocenters. The van der Waals surface area contributed by atoms with Crippen molar-refractivity contribution in [1.29, 1.82) is 0 Å². The summed E-state index contributed by atoms with van der Waals surface area (Å²) in [5.74, 6) is 1.13. The molecule has 122 valence electrons. The molecule has 2 aliphatic rings. The summed E-state index contributed by atoms with van der Waals surface area (Å²) in [7, 11) is -2.91. The summed E-state index contributed by atoms with van der Waals surface area (Å²) >= 11 is 0. The molecule has 1 unspecified atom stereocenters. The molecule has 0 bridgehead atoms. The lowest BCUT2D eigenvalue weighted by Gasteiger charge is -2.43. The fourth-order valence-corrected chi connectivity index (χ4v) is 5.19. The van der Waals surface area contributed by atoms with Gasteiger partial charge in [0.1, 0.15) is 21.7 Å². The monoisotopic (exact) mass is 324 g/mol. The first-order chi connectivity index (χ1) is 10.4. The molecule has 1 aliphatic carbocycles. The van der Waals surface area contributed by atoms with Gasteiger partial charge in [0, 0.05) is 32.1 Å². The topological polar surface area (TPSA) is 59.5 Å². The van der Waals surface area contributed by atoms with Crippen LogP contribution in [0.4, 0.5) is 0 Å². The van der Waals surface area contributed by atoms with Gasteiger partial charge in [-0.2, -0.15) is 0 Å². The second-order valence-corrected chi connectivity index (χ2v) is 9.02. The molecule has 5 nitrogen and oxygen atoms in total. The van der Waals surface area contributed by atoms with E-state index < -0.39 is 9.84 Å². The molecule has 1 aromatic rings. The fourth-order valence-electron chi connectivity index (χ4n) is 3.70. The van der Waals surface area contributed by atoms with Crippen molar-refractivity contribution in [3.63, 3.8) is 0 Å². The minimum atomic E-state index is -2.91. The first-order valence-electron chi connectivity index (χ1n) is 7.91. The Kier molecular flexibility index (Phi) is 4.41. The van der Waals surface area contributed by atoms with Crippen molar-refractivity contribution in [3.8, 4) is 5.75 Å². The maximum absolute atomic E-state index is 11.7. The van der Waals surface area contributed by atoms with E-state index in [0.29, 0.717) is 5.75 Å². The Balaban J connectivity index is 1.54. The molecular weight excluding hydrogens is 300 g/mol. The van der Waals surface area contributed by atoms with E-state index in [1.165, 1.54) is 6.26 Å². The van der Waals surface area contributed by atoms with Crippen LogP contribution in [0.3, 0.4) is 0 Å². The van der Waals surface area contributed by atoms with Gasteiger partial charge in [0.2, 0.25) is 0 Å². The summed E-state index contributed by atoms with van der Waals surface area (Å²) in [6, 6.07) is 3.80. The average Bonchev–Trinajstić information content (AvgIpc) is 2.83. The number of rotatable bonds is 6. The van der Waals surface area contributed by atoms with Crippen molar-refractivity contribution in [2.24, 2.45) is 5.41 Å². The van der Waals surface area contributed by atoms with Crippen LogP contribution in [-0.2, 0) is 9.84 Å². The van der Waals surface area contributed by atoms with E-state index in [9.17, 15) is 8.42 Å². The summed E-state index contributed by atoms with van der Waals surface area (Å²) in [5, 5.41) is 0. The van der Waals surface area contributed by atoms with E-state index in [4.69, 9.17) is 4.74 Å². The highest BCUT2D eigenvalue weighted by Gasteiger charge is 2.42. The van der Waals surface area contributed by atoms with Crippen LogP contribution >= 0.6 is 0 Å². The SMILES string of the molecule is CS(=O)(=O)CC1(CN2CCC(Oc3cccnc3)C2)CCC1. The number of pyridine rings is 1. The van der Waals surface area contributed by atoms with E-state index >= 15 is 0 Å². The molecule has 1 aliphatic heterocycles. The molecule has 0 spiro atoms. The maximum atomic E-state index is 11.7. The quantitative estimate of drug-likeness (QED) is 0.798. The zero-order valence-electron chi connectivity index (χ0n) is 13.1. The summed E-state index contributed by atoms with van der Waals surface area (Å²) in [6.45, 7) is 2.74. The smallest absolute Gasteiger partial charge is 0.148 e. The fraction of sp³-hybridized carbons (Fsp3) is 0.688. The minimum absolute atomic E-state index is 0.0171. The Morgan fingerprint density at radius 3 is 2.86 bits per heavy atom. The van der Waals surface area contributed by atoms with Crippen LogP contribution in [0.5, 0.6) is 5.75 Å². The van der Waals surface area contributed by atoms with Crippen molar-refractivity contribution >= 4 is 9.84 Å².